The van der Waals surface area contributed by atoms with E-state index in [-0.39, 0.29) is 31.0 Å². The van der Waals surface area contributed by atoms with E-state index >= 15 is 0 Å². The fourth-order valence-corrected chi connectivity index (χ4v) is 5.04. The quantitative estimate of drug-likeness (QED) is 0.337. The minimum atomic E-state index is -0.715. The third kappa shape index (κ3) is 7.75. The molecule has 2 amide bonds. The third-order valence-electron chi connectivity index (χ3n) is 6.90. The van der Waals surface area contributed by atoms with Crippen LogP contribution in [0.25, 0.3) is 0 Å². The van der Waals surface area contributed by atoms with Gasteiger partial charge in [-0.15, -0.1) is 0 Å². The Labute approximate surface area is 229 Å². The van der Waals surface area contributed by atoms with Gasteiger partial charge in [0.1, 0.15) is 17.5 Å². The van der Waals surface area contributed by atoms with Crippen LogP contribution in [0.5, 0.6) is 11.5 Å². The molecule has 0 saturated heterocycles. The monoisotopic (exact) mass is 534 g/mol. The molecule has 38 heavy (non-hydrogen) atoms. The Kier molecular flexibility index (Phi) is 10.0. The van der Waals surface area contributed by atoms with Gasteiger partial charge in [-0.05, 0) is 48.2 Å². The van der Waals surface area contributed by atoms with E-state index in [1.165, 1.54) is 6.42 Å². The van der Waals surface area contributed by atoms with Crippen molar-refractivity contribution in [2.24, 2.45) is 0 Å². The van der Waals surface area contributed by atoms with E-state index < -0.39 is 6.04 Å². The Balaban J connectivity index is 1.63. The SMILES string of the molecule is COc1cccc(CN(C(=O)COc2ccccc2Cl)[C@H](Cc2ccccc2)C(=O)NC2CCCCC2)c1. The number of benzene rings is 3. The van der Waals surface area contributed by atoms with Gasteiger partial charge in [-0.3, -0.25) is 9.59 Å². The molecule has 0 aromatic heterocycles. The molecule has 1 fully saturated rings. The number of hydrogen-bond donors (Lipinski definition) is 1. The van der Waals surface area contributed by atoms with Crippen molar-refractivity contribution in [3.05, 3.63) is 95.0 Å². The summed E-state index contributed by atoms with van der Waals surface area (Å²) in [6, 6.07) is 23.8. The largest absolute Gasteiger partial charge is 0.497 e. The first kappa shape index (κ1) is 27.5. The summed E-state index contributed by atoms with van der Waals surface area (Å²) in [5, 5.41) is 3.67. The lowest BCUT2D eigenvalue weighted by molar-refractivity contribution is -0.143. The molecule has 200 valence electrons. The molecule has 1 N–H and O–H groups in total. The lowest BCUT2D eigenvalue weighted by atomic mass is 9.94. The van der Waals surface area contributed by atoms with Gasteiger partial charge in [0.25, 0.3) is 5.91 Å². The van der Waals surface area contributed by atoms with Crippen LogP contribution in [-0.4, -0.2) is 42.5 Å². The zero-order chi connectivity index (χ0) is 26.7. The van der Waals surface area contributed by atoms with Gasteiger partial charge in [0.15, 0.2) is 6.61 Å². The number of halogens is 1. The van der Waals surface area contributed by atoms with E-state index in [1.807, 2.05) is 54.6 Å². The van der Waals surface area contributed by atoms with E-state index in [2.05, 4.69) is 5.32 Å². The molecule has 0 unspecified atom stereocenters. The highest BCUT2D eigenvalue weighted by atomic mass is 35.5. The van der Waals surface area contributed by atoms with E-state index in [1.54, 1.807) is 36.3 Å². The van der Waals surface area contributed by atoms with Gasteiger partial charge in [0.05, 0.1) is 12.1 Å². The summed E-state index contributed by atoms with van der Waals surface area (Å²) >= 11 is 6.25. The maximum absolute atomic E-state index is 13.8. The van der Waals surface area contributed by atoms with E-state index in [0.29, 0.717) is 22.9 Å². The van der Waals surface area contributed by atoms with Gasteiger partial charge in [-0.25, -0.2) is 0 Å². The smallest absolute Gasteiger partial charge is 0.261 e. The highest BCUT2D eigenvalue weighted by molar-refractivity contribution is 6.32. The van der Waals surface area contributed by atoms with Crippen molar-refractivity contribution in [1.82, 2.24) is 10.2 Å². The van der Waals surface area contributed by atoms with Crippen LogP contribution in [0, 0.1) is 0 Å². The molecule has 0 radical (unpaired) electrons. The molecule has 0 bridgehead atoms. The zero-order valence-corrected chi connectivity index (χ0v) is 22.5. The van der Waals surface area contributed by atoms with Crippen LogP contribution >= 0.6 is 11.6 Å². The molecule has 7 heteroatoms. The van der Waals surface area contributed by atoms with Gasteiger partial charge in [0, 0.05) is 19.0 Å². The summed E-state index contributed by atoms with van der Waals surface area (Å²) in [5.74, 6) is 0.672. The van der Waals surface area contributed by atoms with Crippen molar-refractivity contribution in [3.8, 4) is 11.5 Å². The van der Waals surface area contributed by atoms with Crippen LogP contribution in [0.1, 0.15) is 43.2 Å². The number of para-hydroxylation sites is 1. The number of hydrogen-bond acceptors (Lipinski definition) is 4. The maximum Gasteiger partial charge on any atom is 0.261 e. The Morgan fingerprint density at radius 2 is 1.66 bits per heavy atom. The fraction of sp³-hybridized carbons (Fsp3) is 0.355. The molecule has 1 aliphatic rings. The summed E-state index contributed by atoms with van der Waals surface area (Å²) in [6.07, 6.45) is 5.71. The number of carbonyl (C=O) groups excluding carboxylic acids is 2. The molecule has 1 atom stereocenters. The first-order chi connectivity index (χ1) is 18.5. The van der Waals surface area contributed by atoms with Crippen molar-refractivity contribution in [2.45, 2.75) is 57.2 Å². The Bertz CT molecular complexity index is 1200. The Hall–Kier alpha value is -3.51. The standard InChI is InChI=1S/C31H35ClN2O4/c1-37-26-16-10-13-24(19-26)21-34(30(35)22-38-29-18-9-8-17-27(29)32)28(20-23-11-4-2-5-12-23)31(36)33-25-14-6-3-7-15-25/h2,4-5,8-13,16-19,25,28H,3,6-7,14-15,20-22H2,1H3,(H,33,36)/t28-/m1/s1. The van der Waals surface area contributed by atoms with Gasteiger partial charge < -0.3 is 19.7 Å². The summed E-state index contributed by atoms with van der Waals surface area (Å²) in [6.45, 7) is -0.00674. The fourth-order valence-electron chi connectivity index (χ4n) is 4.85. The molecule has 0 aliphatic heterocycles. The number of nitrogens with zero attached hydrogens (tertiary/aromatic N) is 1. The molecule has 1 saturated carbocycles. The minimum absolute atomic E-state index is 0.127. The number of amides is 2. The van der Waals surface area contributed by atoms with E-state index in [9.17, 15) is 9.59 Å². The van der Waals surface area contributed by atoms with E-state index in [4.69, 9.17) is 21.1 Å². The van der Waals surface area contributed by atoms with Crippen LogP contribution in [-0.2, 0) is 22.6 Å². The van der Waals surface area contributed by atoms with Crippen LogP contribution in [0.2, 0.25) is 5.02 Å². The van der Waals surface area contributed by atoms with Gasteiger partial charge >= 0.3 is 0 Å². The van der Waals surface area contributed by atoms with Crippen molar-refractivity contribution < 1.29 is 19.1 Å². The highest BCUT2D eigenvalue weighted by Gasteiger charge is 2.32. The lowest BCUT2D eigenvalue weighted by Crippen LogP contribution is -2.53. The van der Waals surface area contributed by atoms with Gasteiger partial charge in [-0.2, -0.15) is 0 Å². The van der Waals surface area contributed by atoms with Crippen molar-refractivity contribution in [3.63, 3.8) is 0 Å². The predicted octanol–water partition coefficient (Wildman–Crippen LogP) is 5.82. The van der Waals surface area contributed by atoms with Crippen molar-refractivity contribution in [1.29, 1.82) is 0 Å². The zero-order valence-electron chi connectivity index (χ0n) is 21.8. The summed E-state index contributed by atoms with van der Waals surface area (Å²) in [4.78, 5) is 29.2. The normalized spacial score (nSPS) is 14.4. The summed E-state index contributed by atoms with van der Waals surface area (Å²) in [5.41, 5.74) is 1.84. The van der Waals surface area contributed by atoms with Crippen LogP contribution in [0.3, 0.4) is 0 Å². The van der Waals surface area contributed by atoms with Gasteiger partial charge in [-0.1, -0.05) is 85.5 Å². The second-order valence-corrected chi connectivity index (χ2v) is 10.0. The van der Waals surface area contributed by atoms with Gasteiger partial charge in [0.2, 0.25) is 5.91 Å². The molecular formula is C31H35ClN2O4. The van der Waals surface area contributed by atoms with Crippen molar-refractivity contribution in [2.75, 3.05) is 13.7 Å². The van der Waals surface area contributed by atoms with Crippen LogP contribution in [0.4, 0.5) is 0 Å². The number of nitrogens with one attached hydrogen (secondary N) is 1. The minimum Gasteiger partial charge on any atom is -0.497 e. The number of ether oxygens (including phenoxy) is 2. The number of methoxy groups -OCH3 is 1. The Morgan fingerprint density at radius 1 is 0.947 bits per heavy atom. The average Bonchev–Trinajstić information content (AvgIpc) is 2.95. The molecule has 3 aromatic rings. The van der Waals surface area contributed by atoms with E-state index in [0.717, 1.165) is 36.8 Å². The molecule has 4 rings (SSSR count). The molecule has 6 nitrogen and oxygen atoms in total. The summed E-state index contributed by atoms with van der Waals surface area (Å²) in [7, 11) is 1.61. The second-order valence-electron chi connectivity index (χ2n) is 9.64. The molecular weight excluding hydrogens is 500 g/mol. The summed E-state index contributed by atoms with van der Waals surface area (Å²) < 4.78 is 11.2. The maximum atomic E-state index is 13.8. The number of carbonyl (C=O) groups is 2. The van der Waals surface area contributed by atoms with Crippen LogP contribution < -0.4 is 14.8 Å². The topological polar surface area (TPSA) is 67.9 Å². The number of rotatable bonds is 11. The molecule has 3 aromatic carbocycles. The lowest BCUT2D eigenvalue weighted by Gasteiger charge is -2.33. The second kappa shape index (κ2) is 13.9. The highest BCUT2D eigenvalue weighted by Crippen LogP contribution is 2.24. The van der Waals surface area contributed by atoms with Crippen LogP contribution in [0.15, 0.2) is 78.9 Å². The average molecular weight is 535 g/mol. The Morgan fingerprint density at radius 3 is 2.39 bits per heavy atom. The first-order valence-corrected chi connectivity index (χ1v) is 13.6. The molecule has 0 spiro atoms. The predicted molar refractivity (Wildman–Crippen MR) is 149 cm³/mol. The molecule has 0 heterocycles. The molecule has 1 aliphatic carbocycles. The third-order valence-corrected chi connectivity index (χ3v) is 7.21. The van der Waals surface area contributed by atoms with Crippen molar-refractivity contribution >= 4 is 23.4 Å². The first-order valence-electron chi connectivity index (χ1n) is 13.2.